The number of carbonyl (C=O) groups excluding carboxylic acids is 1. The number of carbonyl (C=O) groups is 1. The van der Waals surface area contributed by atoms with Gasteiger partial charge in [0.1, 0.15) is 0 Å². The Kier molecular flexibility index (Phi) is 2.82. The van der Waals surface area contributed by atoms with Crippen LogP contribution in [0.2, 0.25) is 0 Å². The van der Waals surface area contributed by atoms with Gasteiger partial charge in [-0.25, -0.2) is 0 Å². The lowest BCUT2D eigenvalue weighted by molar-refractivity contribution is 0.0913. The summed E-state index contributed by atoms with van der Waals surface area (Å²) in [5.41, 5.74) is 7.54. The first-order valence-electron chi connectivity index (χ1n) is 5.41. The highest BCUT2D eigenvalue weighted by atomic mass is 16.1. The van der Waals surface area contributed by atoms with E-state index in [1.165, 1.54) is 0 Å². The minimum Gasteiger partial charge on any atom is -0.327 e. The molecule has 0 saturated heterocycles. The largest absolute Gasteiger partial charge is 0.327 e. The summed E-state index contributed by atoms with van der Waals surface area (Å²) in [6.07, 6.45) is 4.61. The van der Waals surface area contributed by atoms with Crippen LogP contribution in [0.25, 0.3) is 0 Å². The van der Waals surface area contributed by atoms with Crippen LogP contribution in [0.1, 0.15) is 35.3 Å². The molecule has 0 spiro atoms. The predicted molar refractivity (Wildman–Crippen MR) is 58.6 cm³/mol. The highest BCUT2D eigenvalue weighted by Crippen LogP contribution is 2.27. The monoisotopic (exact) mass is 204 g/mol. The van der Waals surface area contributed by atoms with E-state index in [9.17, 15) is 4.79 Å². The second-order valence-corrected chi connectivity index (χ2v) is 4.25. The number of aromatic nitrogens is 1. The van der Waals surface area contributed by atoms with Crippen molar-refractivity contribution in [3.8, 4) is 0 Å². The lowest BCUT2D eigenvalue weighted by Crippen LogP contribution is -2.30. The Labute approximate surface area is 89.7 Å². The zero-order chi connectivity index (χ0) is 10.8. The minimum absolute atomic E-state index is 0.00880. The molecule has 80 valence electrons. The maximum atomic E-state index is 12.0. The molecular formula is C12H16N2O. The van der Waals surface area contributed by atoms with Gasteiger partial charge < -0.3 is 5.73 Å². The first-order chi connectivity index (χ1) is 7.18. The van der Waals surface area contributed by atoms with Gasteiger partial charge in [0.15, 0.2) is 5.78 Å². The first-order valence-corrected chi connectivity index (χ1v) is 5.41. The Morgan fingerprint density at radius 2 is 2.27 bits per heavy atom. The summed E-state index contributed by atoms with van der Waals surface area (Å²) in [6, 6.07) is 3.75. The van der Waals surface area contributed by atoms with Gasteiger partial charge in [0.2, 0.25) is 0 Å². The van der Waals surface area contributed by atoms with E-state index >= 15 is 0 Å². The Hall–Kier alpha value is -1.22. The van der Waals surface area contributed by atoms with Gasteiger partial charge in [-0.05, 0) is 31.9 Å². The molecule has 1 fully saturated rings. The quantitative estimate of drug-likeness (QED) is 0.746. The van der Waals surface area contributed by atoms with E-state index in [1.54, 1.807) is 6.20 Å². The van der Waals surface area contributed by atoms with Gasteiger partial charge in [0, 0.05) is 29.4 Å². The third-order valence-electron chi connectivity index (χ3n) is 3.10. The highest BCUT2D eigenvalue weighted by molar-refractivity contribution is 5.98. The van der Waals surface area contributed by atoms with Crippen LogP contribution in [0.4, 0.5) is 0 Å². The second kappa shape index (κ2) is 4.11. The summed E-state index contributed by atoms with van der Waals surface area (Å²) in [6.45, 7) is 1.91. The summed E-state index contributed by atoms with van der Waals surface area (Å²) in [4.78, 5) is 16.2. The molecule has 2 rings (SSSR count). The zero-order valence-corrected chi connectivity index (χ0v) is 8.94. The number of rotatable bonds is 2. The third kappa shape index (κ3) is 2.07. The van der Waals surface area contributed by atoms with Gasteiger partial charge in [-0.15, -0.1) is 0 Å². The summed E-state index contributed by atoms with van der Waals surface area (Å²) >= 11 is 0. The fourth-order valence-corrected chi connectivity index (χ4v) is 2.14. The van der Waals surface area contributed by atoms with Crippen LogP contribution < -0.4 is 5.73 Å². The molecule has 1 aromatic rings. The van der Waals surface area contributed by atoms with E-state index < -0.39 is 0 Å². The molecule has 2 unspecified atom stereocenters. The predicted octanol–water partition coefficient (Wildman–Crippen LogP) is 1.70. The molecule has 1 aromatic heterocycles. The number of pyridine rings is 1. The van der Waals surface area contributed by atoms with Crippen molar-refractivity contribution in [2.75, 3.05) is 0 Å². The summed E-state index contributed by atoms with van der Waals surface area (Å²) in [5, 5.41) is 0. The van der Waals surface area contributed by atoms with Gasteiger partial charge >= 0.3 is 0 Å². The van der Waals surface area contributed by atoms with Crippen LogP contribution in [0.5, 0.6) is 0 Å². The van der Waals surface area contributed by atoms with Crippen molar-refractivity contribution in [3.05, 3.63) is 29.6 Å². The first kappa shape index (κ1) is 10.3. The SMILES string of the molecule is Cc1ccc(C(=O)C2CCCC2N)cn1. The van der Waals surface area contributed by atoms with Gasteiger partial charge in [-0.3, -0.25) is 9.78 Å². The maximum absolute atomic E-state index is 12.0. The van der Waals surface area contributed by atoms with Crippen LogP contribution >= 0.6 is 0 Å². The van der Waals surface area contributed by atoms with Crippen LogP contribution in [0.3, 0.4) is 0 Å². The van der Waals surface area contributed by atoms with E-state index in [0.29, 0.717) is 5.56 Å². The van der Waals surface area contributed by atoms with Crippen molar-refractivity contribution < 1.29 is 4.79 Å². The van der Waals surface area contributed by atoms with Gasteiger partial charge in [-0.2, -0.15) is 0 Å². The van der Waals surface area contributed by atoms with Gasteiger partial charge in [0.25, 0.3) is 0 Å². The molecule has 3 nitrogen and oxygen atoms in total. The smallest absolute Gasteiger partial charge is 0.169 e. The number of hydrogen-bond donors (Lipinski definition) is 1. The van der Waals surface area contributed by atoms with Crippen LogP contribution in [-0.2, 0) is 0 Å². The molecule has 0 aromatic carbocycles. The van der Waals surface area contributed by atoms with Crippen LogP contribution in [0.15, 0.2) is 18.3 Å². The van der Waals surface area contributed by atoms with E-state index in [-0.39, 0.29) is 17.7 Å². The summed E-state index contributed by atoms with van der Waals surface area (Å²) in [7, 11) is 0. The number of ketones is 1. The molecule has 1 aliphatic rings. The standard InChI is InChI=1S/C12H16N2O/c1-8-5-6-9(7-14-8)12(15)10-3-2-4-11(10)13/h5-7,10-11H,2-4,13H2,1H3. The number of Topliss-reactive ketones (excluding diaryl/α,β-unsaturated/α-hetero) is 1. The number of nitrogens with zero attached hydrogens (tertiary/aromatic N) is 1. The summed E-state index contributed by atoms with van der Waals surface area (Å²) in [5.74, 6) is 0.169. The molecule has 1 aliphatic carbocycles. The van der Waals surface area contributed by atoms with E-state index in [0.717, 1.165) is 25.0 Å². The topological polar surface area (TPSA) is 56.0 Å². The molecule has 0 amide bonds. The number of hydrogen-bond acceptors (Lipinski definition) is 3. The average molecular weight is 204 g/mol. The van der Waals surface area contributed by atoms with Crippen molar-refractivity contribution in [1.29, 1.82) is 0 Å². The van der Waals surface area contributed by atoms with Crippen molar-refractivity contribution in [3.63, 3.8) is 0 Å². The highest BCUT2D eigenvalue weighted by Gasteiger charge is 2.30. The Balaban J connectivity index is 2.17. The molecule has 2 atom stereocenters. The third-order valence-corrected chi connectivity index (χ3v) is 3.10. The molecule has 0 bridgehead atoms. The van der Waals surface area contributed by atoms with Crippen LogP contribution in [-0.4, -0.2) is 16.8 Å². The van der Waals surface area contributed by atoms with E-state index in [1.807, 2.05) is 19.1 Å². The van der Waals surface area contributed by atoms with Crippen molar-refractivity contribution in [2.45, 2.75) is 32.2 Å². The Bertz CT molecular complexity index is 358. The normalized spacial score (nSPS) is 25.5. The number of aryl methyl sites for hydroxylation is 1. The molecule has 3 heteroatoms. The molecule has 0 radical (unpaired) electrons. The fraction of sp³-hybridized carbons (Fsp3) is 0.500. The minimum atomic E-state index is 0.00880. The fourth-order valence-electron chi connectivity index (χ4n) is 2.14. The lowest BCUT2D eigenvalue weighted by Gasteiger charge is -2.13. The molecule has 1 heterocycles. The second-order valence-electron chi connectivity index (χ2n) is 4.25. The van der Waals surface area contributed by atoms with Crippen molar-refractivity contribution in [1.82, 2.24) is 4.98 Å². The van der Waals surface area contributed by atoms with Crippen molar-refractivity contribution >= 4 is 5.78 Å². The molecular weight excluding hydrogens is 188 g/mol. The lowest BCUT2D eigenvalue weighted by atomic mass is 9.94. The van der Waals surface area contributed by atoms with Crippen LogP contribution in [0, 0.1) is 12.8 Å². The molecule has 2 N–H and O–H groups in total. The number of nitrogens with two attached hydrogens (primary N) is 1. The maximum Gasteiger partial charge on any atom is 0.169 e. The Morgan fingerprint density at radius 3 is 2.80 bits per heavy atom. The molecule has 1 saturated carbocycles. The summed E-state index contributed by atoms with van der Waals surface area (Å²) < 4.78 is 0. The average Bonchev–Trinajstić information content (AvgIpc) is 2.65. The Morgan fingerprint density at radius 1 is 1.47 bits per heavy atom. The molecule has 0 aliphatic heterocycles. The zero-order valence-electron chi connectivity index (χ0n) is 8.94. The van der Waals surface area contributed by atoms with Gasteiger partial charge in [0.05, 0.1) is 0 Å². The van der Waals surface area contributed by atoms with E-state index in [4.69, 9.17) is 5.73 Å². The molecule has 15 heavy (non-hydrogen) atoms. The van der Waals surface area contributed by atoms with Crippen molar-refractivity contribution in [2.24, 2.45) is 11.7 Å². The van der Waals surface area contributed by atoms with E-state index in [2.05, 4.69) is 4.98 Å². The van der Waals surface area contributed by atoms with Gasteiger partial charge in [-0.1, -0.05) is 6.42 Å².